The van der Waals surface area contributed by atoms with Crippen molar-refractivity contribution in [3.05, 3.63) is 117 Å². The minimum atomic E-state index is -1.97. The maximum absolute atomic E-state index is 14.8. The lowest BCUT2D eigenvalue weighted by Gasteiger charge is -2.36. The van der Waals surface area contributed by atoms with Crippen molar-refractivity contribution in [2.24, 2.45) is 5.41 Å². The molecule has 1 saturated heterocycles. The highest BCUT2D eigenvalue weighted by Gasteiger charge is 2.53. The first kappa shape index (κ1) is 46.3. The predicted octanol–water partition coefficient (Wildman–Crippen LogP) is 8.39. The highest BCUT2D eigenvalue weighted by atomic mass is 35.5. The van der Waals surface area contributed by atoms with Crippen LogP contribution in [-0.2, 0) is 26.3 Å². The average Bonchev–Trinajstić information content (AvgIpc) is 3.63. The van der Waals surface area contributed by atoms with E-state index in [1.165, 1.54) is 4.90 Å². The SMILES string of the molecule is Cc1ncsc1-c1ccc([C@H](CCCCCn2cc(-c3ccc4c(c3)C(C)(C)c3nc(=O)c5c(Cl)cccc5n3-4)cn2)NC(=O)[C@@H]2C[C@@H](O)CN2C(=O)[C@@H](NC(=O)C2(F)CC2)C(C)(C)C)cc1. The number of thiazole rings is 1. The summed E-state index contributed by atoms with van der Waals surface area (Å²) >= 11 is 8.04. The van der Waals surface area contributed by atoms with Crippen molar-refractivity contribution in [2.45, 2.75) is 128 Å². The molecule has 350 valence electrons. The topological polar surface area (TPSA) is 164 Å². The molecule has 3 aromatic heterocycles. The van der Waals surface area contributed by atoms with Gasteiger partial charge < -0.3 is 20.6 Å². The Morgan fingerprint density at radius 2 is 1.75 bits per heavy atom. The van der Waals surface area contributed by atoms with E-state index in [-0.39, 0.29) is 31.4 Å². The Morgan fingerprint density at radius 3 is 2.45 bits per heavy atom. The standard InChI is InChI=1S/C51H56ClFN8O5S/c1-29-42(67-28-54-29)31-16-14-30(15-17-31)37(56-44(63)40-24-34(62)27-60(40)46(65)43(49(2,3)4)57-48(66)51(53)20-21-51)12-8-7-9-22-59-26-33(25-55-59)32-18-19-38-35(23-32)50(5,6)47-58-45(64)41-36(52)11-10-13-39(41)61(38)47/h10-11,13-19,23,25-26,28,34,37,40,43,62H,7-9,12,20-22,24,27H2,1-6H3,(H,56,63)(H,57,66)/t34-,37+,40+,43-/m1/s1. The van der Waals surface area contributed by atoms with E-state index in [0.29, 0.717) is 29.2 Å². The van der Waals surface area contributed by atoms with Crippen LogP contribution in [0, 0.1) is 12.3 Å². The van der Waals surface area contributed by atoms with Crippen molar-refractivity contribution >= 4 is 51.6 Å². The Labute approximate surface area is 397 Å². The van der Waals surface area contributed by atoms with E-state index >= 15 is 0 Å². The fourth-order valence-electron chi connectivity index (χ4n) is 9.61. The van der Waals surface area contributed by atoms with Crippen molar-refractivity contribution in [2.75, 3.05) is 6.54 Å². The molecule has 16 heteroatoms. The molecule has 9 rings (SSSR count). The lowest BCUT2D eigenvalue weighted by atomic mass is 9.84. The van der Waals surface area contributed by atoms with Gasteiger partial charge in [0.25, 0.3) is 11.5 Å². The summed E-state index contributed by atoms with van der Waals surface area (Å²) in [4.78, 5) is 65.7. The predicted molar refractivity (Wildman–Crippen MR) is 258 cm³/mol. The zero-order chi connectivity index (χ0) is 47.6. The van der Waals surface area contributed by atoms with Gasteiger partial charge in [-0.3, -0.25) is 28.4 Å². The van der Waals surface area contributed by atoms with Crippen LogP contribution in [0.25, 0.3) is 38.2 Å². The molecule has 5 heterocycles. The molecular weight excluding hydrogens is 891 g/mol. The fourth-order valence-corrected chi connectivity index (χ4v) is 10.7. The van der Waals surface area contributed by atoms with E-state index in [0.717, 1.165) is 68.9 Å². The van der Waals surface area contributed by atoms with Gasteiger partial charge in [0.05, 0.1) is 61.5 Å². The Hall–Kier alpha value is -5.77. The largest absolute Gasteiger partial charge is 0.391 e. The zero-order valence-electron chi connectivity index (χ0n) is 38.6. The normalized spacial score (nSPS) is 18.9. The molecule has 0 unspecified atom stereocenters. The number of β-amino-alcohol motifs (C(OH)–C–C–N with tert-alkyl or cyclic N) is 1. The Kier molecular flexibility index (Phi) is 12.3. The Balaban J connectivity index is 0.873. The number of amides is 3. The summed E-state index contributed by atoms with van der Waals surface area (Å²) in [6, 6.07) is 17.4. The molecule has 4 atom stereocenters. The van der Waals surface area contributed by atoms with Crippen LogP contribution >= 0.6 is 22.9 Å². The lowest BCUT2D eigenvalue weighted by Crippen LogP contribution is -2.59. The van der Waals surface area contributed by atoms with Crippen LogP contribution < -0.4 is 16.2 Å². The number of hydrogen-bond acceptors (Lipinski definition) is 9. The molecule has 3 aromatic carbocycles. The van der Waals surface area contributed by atoms with E-state index in [1.807, 2.05) is 70.5 Å². The van der Waals surface area contributed by atoms with Gasteiger partial charge in [-0.2, -0.15) is 10.1 Å². The molecule has 6 aromatic rings. The second-order valence-corrected chi connectivity index (χ2v) is 21.3. The van der Waals surface area contributed by atoms with E-state index in [2.05, 4.69) is 52.6 Å². The molecule has 13 nitrogen and oxygen atoms in total. The number of benzene rings is 3. The second kappa shape index (κ2) is 17.7. The van der Waals surface area contributed by atoms with Crippen molar-refractivity contribution in [1.82, 2.24) is 39.8 Å². The van der Waals surface area contributed by atoms with Gasteiger partial charge in [-0.25, -0.2) is 9.37 Å². The molecule has 2 aliphatic heterocycles. The highest BCUT2D eigenvalue weighted by Crippen LogP contribution is 2.45. The first-order valence-corrected chi connectivity index (χ1v) is 24.3. The minimum absolute atomic E-state index is 0.0411. The molecule has 3 amide bonds. The van der Waals surface area contributed by atoms with Crippen molar-refractivity contribution < 1.29 is 23.9 Å². The van der Waals surface area contributed by atoms with Gasteiger partial charge in [-0.15, -0.1) is 11.3 Å². The van der Waals surface area contributed by atoms with E-state index in [9.17, 15) is 28.7 Å². The molecular formula is C51H56ClFN8O5S. The number of likely N-dealkylation sites (tertiary alicyclic amines) is 1. The fraction of sp³-hybridized carbons (Fsp3) is 0.431. The third-order valence-electron chi connectivity index (χ3n) is 13.7. The average molecular weight is 948 g/mol. The number of aromatic nitrogens is 5. The Morgan fingerprint density at radius 1 is 1.00 bits per heavy atom. The van der Waals surface area contributed by atoms with Crippen molar-refractivity contribution in [3.63, 3.8) is 0 Å². The number of rotatable bonds is 14. The number of aryl methyl sites for hydroxylation is 2. The van der Waals surface area contributed by atoms with Gasteiger partial charge in [0.1, 0.15) is 17.9 Å². The summed E-state index contributed by atoms with van der Waals surface area (Å²) in [6.07, 6.45) is 6.32. The highest BCUT2D eigenvalue weighted by molar-refractivity contribution is 7.13. The maximum Gasteiger partial charge on any atom is 0.282 e. The van der Waals surface area contributed by atoms with Crippen LogP contribution in [-0.4, -0.2) is 82.4 Å². The number of aliphatic hydroxyl groups excluding tert-OH is 1. The molecule has 0 bridgehead atoms. The number of carbonyl (C=O) groups is 3. The molecule has 3 N–H and O–H groups in total. The molecule has 1 aliphatic carbocycles. The number of nitrogens with zero attached hydrogens (tertiary/aromatic N) is 6. The number of unbranched alkanes of at least 4 members (excludes halogenated alkanes) is 2. The van der Waals surface area contributed by atoms with Gasteiger partial charge in [-0.1, -0.05) is 81.6 Å². The molecule has 2 fully saturated rings. The van der Waals surface area contributed by atoms with Crippen molar-refractivity contribution in [1.29, 1.82) is 0 Å². The van der Waals surface area contributed by atoms with Gasteiger partial charge in [0, 0.05) is 31.3 Å². The second-order valence-electron chi connectivity index (χ2n) is 20.0. The summed E-state index contributed by atoms with van der Waals surface area (Å²) in [5.74, 6) is -1.07. The summed E-state index contributed by atoms with van der Waals surface area (Å²) in [7, 11) is 0. The molecule has 67 heavy (non-hydrogen) atoms. The van der Waals surface area contributed by atoms with Gasteiger partial charge in [0.2, 0.25) is 11.8 Å². The van der Waals surface area contributed by atoms with Crippen LogP contribution in [0.5, 0.6) is 0 Å². The summed E-state index contributed by atoms with van der Waals surface area (Å²) in [6.45, 7) is 12.1. The number of hydrogen-bond donors (Lipinski definition) is 3. The smallest absolute Gasteiger partial charge is 0.282 e. The summed E-state index contributed by atoms with van der Waals surface area (Å²) in [5.41, 5.74) is 5.80. The van der Waals surface area contributed by atoms with Crippen LogP contribution in [0.15, 0.2) is 83.4 Å². The van der Waals surface area contributed by atoms with Crippen LogP contribution in [0.3, 0.4) is 0 Å². The van der Waals surface area contributed by atoms with E-state index in [4.69, 9.17) is 16.7 Å². The van der Waals surface area contributed by atoms with Crippen LogP contribution in [0.4, 0.5) is 4.39 Å². The van der Waals surface area contributed by atoms with Crippen LogP contribution in [0.2, 0.25) is 5.02 Å². The molecule has 0 spiro atoms. The lowest BCUT2D eigenvalue weighted by molar-refractivity contribution is -0.145. The number of halogens is 2. The third-order valence-corrected chi connectivity index (χ3v) is 15.0. The summed E-state index contributed by atoms with van der Waals surface area (Å²) in [5, 5.41) is 22.2. The number of nitrogens with one attached hydrogen (secondary N) is 2. The zero-order valence-corrected chi connectivity index (χ0v) is 40.2. The first-order valence-electron chi connectivity index (χ1n) is 23.0. The van der Waals surface area contributed by atoms with E-state index in [1.54, 1.807) is 38.2 Å². The van der Waals surface area contributed by atoms with E-state index < -0.39 is 58.4 Å². The third kappa shape index (κ3) is 8.93. The van der Waals surface area contributed by atoms with Gasteiger partial charge in [0.15, 0.2) is 5.67 Å². The molecule has 0 radical (unpaired) electrons. The van der Waals surface area contributed by atoms with Gasteiger partial charge >= 0.3 is 0 Å². The monoisotopic (exact) mass is 946 g/mol. The number of carbonyl (C=O) groups excluding carboxylic acids is 3. The minimum Gasteiger partial charge on any atom is -0.391 e. The number of alkyl halides is 1. The molecule has 1 saturated carbocycles. The van der Waals surface area contributed by atoms with Gasteiger partial charge in [-0.05, 0) is 98.4 Å². The first-order chi connectivity index (χ1) is 31.8. The van der Waals surface area contributed by atoms with Crippen LogP contribution in [0.1, 0.15) is 108 Å². The quantitative estimate of drug-likeness (QED) is 0.0917. The summed E-state index contributed by atoms with van der Waals surface area (Å²) < 4.78 is 18.8. The number of aliphatic hydroxyl groups is 1. The molecule has 3 aliphatic rings. The van der Waals surface area contributed by atoms with Crippen molar-refractivity contribution in [3.8, 4) is 27.3 Å². The Bertz CT molecular complexity index is 2950. The number of fused-ring (bicyclic) bond motifs is 5. The maximum atomic E-state index is 14.8.